The highest BCUT2D eigenvalue weighted by atomic mass is 28.3. The van der Waals surface area contributed by atoms with E-state index in [4.69, 9.17) is 0 Å². The van der Waals surface area contributed by atoms with E-state index in [0.29, 0.717) is 0 Å². The van der Waals surface area contributed by atoms with Gasteiger partial charge in [0.1, 0.15) is 0 Å². The fourth-order valence-corrected chi connectivity index (χ4v) is 23.8. The first-order valence-corrected chi connectivity index (χ1v) is 32.4. The summed E-state index contributed by atoms with van der Waals surface area (Å²) in [7, 11) is -6.05. The molecular formula is C78H56N2Si2. The maximum atomic E-state index is 2.55. The van der Waals surface area contributed by atoms with Crippen LogP contribution in [0.2, 0.25) is 0 Å². The Morgan fingerprint density at radius 1 is 0.195 bits per heavy atom. The number of hydrogen-bond acceptors (Lipinski definition) is 0. The second-order valence-corrected chi connectivity index (χ2v) is 29.0. The molecule has 0 aliphatic rings. The van der Waals surface area contributed by atoms with Crippen LogP contribution in [0.3, 0.4) is 0 Å². The lowest BCUT2D eigenvalue weighted by molar-refractivity contribution is 1.17. The van der Waals surface area contributed by atoms with Crippen molar-refractivity contribution in [2.24, 2.45) is 0 Å². The second kappa shape index (κ2) is 20.5. The molecule has 0 amide bonds. The highest BCUT2D eigenvalue weighted by molar-refractivity contribution is 7.21. The Balaban J connectivity index is 1.04. The van der Waals surface area contributed by atoms with E-state index in [-0.39, 0.29) is 0 Å². The molecule has 15 rings (SSSR count). The average molecular weight is 1080 g/mol. The summed E-state index contributed by atoms with van der Waals surface area (Å²) in [5, 5.41) is 15.8. The monoisotopic (exact) mass is 1080 g/mol. The first-order valence-electron chi connectivity index (χ1n) is 28.4. The van der Waals surface area contributed by atoms with Gasteiger partial charge in [-0.1, -0.05) is 285 Å². The van der Waals surface area contributed by atoms with E-state index in [1.807, 2.05) is 0 Å². The first-order chi connectivity index (χ1) is 40.7. The Bertz CT molecular complexity index is 4580. The van der Waals surface area contributed by atoms with Crippen LogP contribution in [-0.4, -0.2) is 25.3 Å². The lowest BCUT2D eigenvalue weighted by Gasteiger charge is -2.35. The van der Waals surface area contributed by atoms with E-state index < -0.39 is 16.1 Å². The summed E-state index contributed by atoms with van der Waals surface area (Å²) in [4.78, 5) is 0. The van der Waals surface area contributed by atoms with Crippen LogP contribution >= 0.6 is 0 Å². The summed E-state index contributed by atoms with van der Waals surface area (Å²) >= 11 is 0. The van der Waals surface area contributed by atoms with Crippen molar-refractivity contribution in [2.75, 3.05) is 0 Å². The van der Waals surface area contributed by atoms with Crippen LogP contribution < -0.4 is 41.5 Å². The summed E-state index contributed by atoms with van der Waals surface area (Å²) in [6.07, 6.45) is 0. The summed E-state index contributed by atoms with van der Waals surface area (Å²) < 4.78 is 5.09. The second-order valence-electron chi connectivity index (χ2n) is 21.5. The van der Waals surface area contributed by atoms with E-state index in [1.165, 1.54) is 102 Å². The summed E-state index contributed by atoms with van der Waals surface area (Å²) in [6.45, 7) is 0. The number of hydrogen-bond donors (Lipinski definition) is 0. The molecule has 82 heavy (non-hydrogen) atoms. The van der Waals surface area contributed by atoms with Crippen LogP contribution in [0.5, 0.6) is 0 Å². The van der Waals surface area contributed by atoms with Crippen molar-refractivity contribution < 1.29 is 0 Å². The minimum Gasteiger partial charge on any atom is -0.309 e. The van der Waals surface area contributed by atoms with E-state index in [0.717, 1.165) is 16.9 Å². The normalized spacial score (nSPS) is 11.9. The summed E-state index contributed by atoms with van der Waals surface area (Å²) in [5.41, 5.74) is 11.7. The van der Waals surface area contributed by atoms with Gasteiger partial charge < -0.3 is 9.13 Å². The van der Waals surface area contributed by atoms with Gasteiger partial charge in [-0.25, -0.2) is 0 Å². The number of fused-ring (bicyclic) bond motifs is 6. The van der Waals surface area contributed by atoms with E-state index in [9.17, 15) is 0 Å². The highest BCUT2D eigenvalue weighted by Gasteiger charge is 2.45. The lowest BCUT2D eigenvalue weighted by atomic mass is 9.99. The molecule has 13 aromatic carbocycles. The number of rotatable bonds is 12. The summed E-state index contributed by atoms with van der Waals surface area (Å²) in [6, 6.07) is 127. The maximum Gasteiger partial charge on any atom is 0.180 e. The molecule has 0 spiro atoms. The number of nitrogens with zero attached hydrogens (tertiary/aromatic N) is 2. The third kappa shape index (κ3) is 7.83. The molecule has 0 fully saturated rings. The Morgan fingerprint density at radius 2 is 0.512 bits per heavy atom. The molecule has 0 saturated carbocycles. The highest BCUT2D eigenvalue weighted by Crippen LogP contribution is 2.39. The molecule has 0 bridgehead atoms. The van der Waals surface area contributed by atoms with Gasteiger partial charge in [0, 0.05) is 32.9 Å². The van der Waals surface area contributed by atoms with Crippen LogP contribution in [0.1, 0.15) is 0 Å². The molecule has 0 unspecified atom stereocenters. The van der Waals surface area contributed by atoms with Crippen molar-refractivity contribution in [3.05, 3.63) is 340 Å². The molecule has 2 nitrogen and oxygen atoms in total. The molecule has 4 heteroatoms. The minimum atomic E-state index is -3.08. The quantitative estimate of drug-likeness (QED) is 0.0852. The topological polar surface area (TPSA) is 9.86 Å². The molecule has 15 aromatic rings. The third-order valence-electron chi connectivity index (χ3n) is 17.2. The zero-order chi connectivity index (χ0) is 54.5. The smallest absolute Gasteiger partial charge is 0.180 e. The zero-order valence-electron chi connectivity index (χ0n) is 45.2. The Kier molecular flexibility index (Phi) is 12.3. The van der Waals surface area contributed by atoms with Crippen LogP contribution in [0.4, 0.5) is 0 Å². The molecule has 0 aliphatic carbocycles. The average Bonchev–Trinajstić information content (AvgIpc) is 3.79. The van der Waals surface area contributed by atoms with Crippen LogP contribution in [0, 0.1) is 0 Å². The Morgan fingerprint density at radius 3 is 0.976 bits per heavy atom. The van der Waals surface area contributed by atoms with Gasteiger partial charge >= 0.3 is 0 Å². The lowest BCUT2D eigenvalue weighted by Crippen LogP contribution is -2.74. The van der Waals surface area contributed by atoms with Gasteiger partial charge in [0.05, 0.1) is 22.1 Å². The third-order valence-corrected chi connectivity index (χ3v) is 26.8. The van der Waals surface area contributed by atoms with Crippen molar-refractivity contribution >= 4 is 101 Å². The summed E-state index contributed by atoms with van der Waals surface area (Å²) in [5.74, 6) is 0. The predicted molar refractivity (Wildman–Crippen MR) is 353 cm³/mol. The number of aromatic nitrogens is 2. The molecule has 0 atom stereocenters. The molecule has 2 heterocycles. The Labute approximate surface area is 480 Å². The zero-order valence-corrected chi connectivity index (χ0v) is 47.2. The fraction of sp³-hybridized carbons (Fsp3) is 0. The Hall–Kier alpha value is -10.1. The predicted octanol–water partition coefficient (Wildman–Crippen LogP) is 14.0. The van der Waals surface area contributed by atoms with Gasteiger partial charge in [-0.2, -0.15) is 0 Å². The van der Waals surface area contributed by atoms with E-state index in [2.05, 4.69) is 349 Å². The molecule has 2 aromatic heterocycles. The van der Waals surface area contributed by atoms with Crippen molar-refractivity contribution in [3.8, 4) is 33.6 Å². The van der Waals surface area contributed by atoms with Gasteiger partial charge in [-0.3, -0.25) is 0 Å². The molecule has 0 aliphatic heterocycles. The largest absolute Gasteiger partial charge is 0.309 e. The molecule has 0 N–H and O–H groups in total. The van der Waals surface area contributed by atoms with Gasteiger partial charge in [-0.05, 0) is 118 Å². The molecule has 0 radical (unpaired) electrons. The number of benzene rings is 13. The van der Waals surface area contributed by atoms with Crippen molar-refractivity contribution in [1.82, 2.24) is 9.13 Å². The van der Waals surface area contributed by atoms with Crippen LogP contribution in [0.25, 0.3) is 77.2 Å². The molecule has 0 saturated heterocycles. The van der Waals surface area contributed by atoms with Gasteiger partial charge in [-0.15, -0.1) is 0 Å². The van der Waals surface area contributed by atoms with Gasteiger partial charge in [0.15, 0.2) is 16.1 Å². The van der Waals surface area contributed by atoms with Gasteiger partial charge in [0.2, 0.25) is 0 Å². The van der Waals surface area contributed by atoms with Crippen molar-refractivity contribution in [2.45, 2.75) is 0 Å². The first kappa shape index (κ1) is 49.0. The van der Waals surface area contributed by atoms with Crippen LogP contribution in [-0.2, 0) is 0 Å². The van der Waals surface area contributed by atoms with Crippen LogP contribution in [0.15, 0.2) is 340 Å². The van der Waals surface area contributed by atoms with Gasteiger partial charge in [0.25, 0.3) is 0 Å². The van der Waals surface area contributed by atoms with E-state index in [1.54, 1.807) is 0 Å². The number of para-hydroxylation sites is 1. The SMILES string of the molecule is c1ccc(-c2cccc(-c3cccc(-n4c5ccc(-n6c7ccccc7c7c([Si](c8ccccc8)(c8ccccc8)c8ccccc8)cccc76)cc5c5c([Si](c6ccccc6)(c6ccccc6)c6ccccc6)cccc54)c3)c2)cc1. The molecular weight excluding hydrogens is 1020 g/mol. The van der Waals surface area contributed by atoms with E-state index >= 15 is 0 Å². The maximum absolute atomic E-state index is 3.08. The fourth-order valence-electron chi connectivity index (χ4n) is 13.8. The van der Waals surface area contributed by atoms with Crippen molar-refractivity contribution in [1.29, 1.82) is 0 Å². The van der Waals surface area contributed by atoms with Crippen molar-refractivity contribution in [3.63, 3.8) is 0 Å². The minimum absolute atomic E-state index is 1.12. The molecule has 386 valence electrons. The standard InChI is InChI=1S/C78H56N2Si2/c1-8-28-57(29-9-1)58-30-24-31-59(54-58)60-32-25-33-61(55-60)79-72-53-52-62(56-70(72)78-74(79)49-27-51-76(78)82(66-40-16-5-17-41-66,67-42-18-6-19-43-67)68-44-20-7-21-45-68)80-71-47-23-22-46-69(71)77-73(80)48-26-50-75(77)81(63-34-10-2-11-35-63,64-36-12-3-13-37-64)65-38-14-4-15-39-65/h1-56H.